The van der Waals surface area contributed by atoms with Gasteiger partial charge in [0.05, 0.1) is 18.1 Å². The third-order valence-corrected chi connectivity index (χ3v) is 2.91. The Kier molecular flexibility index (Phi) is 3.52. The fourth-order valence-electron chi connectivity index (χ4n) is 0.976. The minimum Gasteiger partial charge on any atom is -0.290 e. The summed E-state index contributed by atoms with van der Waals surface area (Å²) in [7, 11) is -3.11. The van der Waals surface area contributed by atoms with Gasteiger partial charge in [0.2, 0.25) is 0 Å². The van der Waals surface area contributed by atoms with Crippen LogP contribution in [-0.2, 0) is 14.9 Å². The quantitative estimate of drug-likeness (QED) is 0.622. The first-order valence-electron chi connectivity index (χ1n) is 3.87. The van der Waals surface area contributed by atoms with Gasteiger partial charge in [-0.3, -0.25) is 15.0 Å². The molecule has 0 aliphatic rings. The van der Waals surface area contributed by atoms with E-state index in [1.807, 2.05) is 0 Å². The van der Waals surface area contributed by atoms with E-state index >= 15 is 0 Å². The third kappa shape index (κ3) is 2.51. The van der Waals surface area contributed by atoms with Gasteiger partial charge in [-0.15, -0.1) is 0 Å². The summed E-state index contributed by atoms with van der Waals surface area (Å²) in [4.78, 5) is 14.5. The molecule has 0 heterocycles. The number of benzene rings is 1. The second-order valence-corrected chi connectivity index (χ2v) is 4.28. The van der Waals surface area contributed by atoms with E-state index < -0.39 is 31.3 Å². The van der Waals surface area contributed by atoms with Crippen LogP contribution in [0.4, 0.5) is 10.1 Å². The molecule has 0 amide bonds. The molecular formula is C7H7FN2O5S. The van der Waals surface area contributed by atoms with E-state index in [4.69, 9.17) is 0 Å². The highest BCUT2D eigenvalue weighted by Gasteiger charge is 2.21. The first-order chi connectivity index (χ1) is 7.38. The summed E-state index contributed by atoms with van der Waals surface area (Å²) in [5, 5.41) is 10.3. The number of sulfonamides is 1. The average molecular weight is 250 g/mol. The number of nitrogens with one attached hydrogen (secondary N) is 1. The Labute approximate surface area is 90.0 Å². The van der Waals surface area contributed by atoms with E-state index in [2.05, 4.69) is 4.84 Å². The van der Waals surface area contributed by atoms with Gasteiger partial charge >= 0.3 is 0 Å². The average Bonchev–Trinajstić information content (AvgIpc) is 2.16. The van der Waals surface area contributed by atoms with Gasteiger partial charge in [-0.2, -0.15) is 0 Å². The van der Waals surface area contributed by atoms with Crippen molar-refractivity contribution in [2.24, 2.45) is 0 Å². The van der Waals surface area contributed by atoms with Crippen LogP contribution >= 0.6 is 0 Å². The lowest BCUT2D eigenvalue weighted by Gasteiger charge is -2.04. The Morgan fingerprint density at radius 3 is 2.56 bits per heavy atom. The number of rotatable bonds is 4. The first-order valence-corrected chi connectivity index (χ1v) is 5.35. The summed E-state index contributed by atoms with van der Waals surface area (Å²) in [6, 6.07) is 2.19. The summed E-state index contributed by atoms with van der Waals surface area (Å²) in [5.74, 6) is -1.22. The van der Waals surface area contributed by atoms with E-state index in [1.165, 1.54) is 0 Å². The number of hydrogen-bond donors (Lipinski definition) is 1. The number of nitrogens with zero attached hydrogens (tertiary/aromatic N) is 1. The molecule has 1 rings (SSSR count). The predicted molar refractivity (Wildman–Crippen MR) is 50.4 cm³/mol. The molecule has 0 aliphatic heterocycles. The molecule has 0 fully saturated rings. The Bertz CT molecular complexity index is 516. The minimum atomic E-state index is -4.15. The topological polar surface area (TPSA) is 98.5 Å². The Hall–Kier alpha value is -1.58. The molecule has 7 nitrogen and oxygen atoms in total. The molecule has 0 aromatic heterocycles. The first kappa shape index (κ1) is 12.5. The molecule has 0 unspecified atom stereocenters. The van der Waals surface area contributed by atoms with Gasteiger partial charge in [-0.25, -0.2) is 12.8 Å². The summed E-state index contributed by atoms with van der Waals surface area (Å²) in [6.07, 6.45) is 0. The summed E-state index contributed by atoms with van der Waals surface area (Å²) in [5.41, 5.74) is -0.533. The van der Waals surface area contributed by atoms with Crippen LogP contribution in [0.5, 0.6) is 0 Å². The number of non-ortho nitro benzene ring substituents is 1. The second kappa shape index (κ2) is 4.51. The second-order valence-electron chi connectivity index (χ2n) is 2.66. The molecular weight excluding hydrogens is 243 g/mol. The Morgan fingerprint density at radius 1 is 1.50 bits per heavy atom. The normalized spacial score (nSPS) is 11.4. The van der Waals surface area contributed by atoms with Crippen molar-refractivity contribution < 1.29 is 22.6 Å². The van der Waals surface area contributed by atoms with Gasteiger partial charge in [0.1, 0.15) is 10.7 Å². The van der Waals surface area contributed by atoms with Crippen LogP contribution in [0.2, 0.25) is 0 Å². The van der Waals surface area contributed by atoms with Crippen molar-refractivity contribution >= 4 is 15.7 Å². The lowest BCUT2D eigenvalue weighted by Crippen LogP contribution is -2.23. The number of nitro groups is 1. The van der Waals surface area contributed by atoms with E-state index in [1.54, 1.807) is 4.89 Å². The highest BCUT2D eigenvalue weighted by molar-refractivity contribution is 7.89. The highest BCUT2D eigenvalue weighted by atomic mass is 32.2. The molecule has 0 saturated heterocycles. The zero-order valence-corrected chi connectivity index (χ0v) is 8.82. The van der Waals surface area contributed by atoms with Crippen LogP contribution < -0.4 is 4.89 Å². The zero-order chi connectivity index (χ0) is 12.3. The van der Waals surface area contributed by atoms with Gasteiger partial charge in [0.25, 0.3) is 15.7 Å². The van der Waals surface area contributed by atoms with Crippen molar-refractivity contribution in [1.29, 1.82) is 0 Å². The summed E-state index contributed by atoms with van der Waals surface area (Å²) in [6.45, 7) is 0. The van der Waals surface area contributed by atoms with Crippen LogP contribution in [-0.4, -0.2) is 20.5 Å². The van der Waals surface area contributed by atoms with Crippen LogP contribution in [0.3, 0.4) is 0 Å². The van der Waals surface area contributed by atoms with Gasteiger partial charge < -0.3 is 0 Å². The number of halogens is 1. The number of nitro benzene ring substituents is 1. The van der Waals surface area contributed by atoms with Crippen molar-refractivity contribution in [2.45, 2.75) is 4.90 Å². The van der Waals surface area contributed by atoms with Crippen LogP contribution in [0.15, 0.2) is 23.1 Å². The van der Waals surface area contributed by atoms with Gasteiger partial charge in [0.15, 0.2) is 0 Å². The minimum absolute atomic E-state index is 0.518. The lowest BCUT2D eigenvalue weighted by molar-refractivity contribution is -0.385. The van der Waals surface area contributed by atoms with Crippen molar-refractivity contribution in [3.05, 3.63) is 34.1 Å². The maximum absolute atomic E-state index is 13.3. The standard InChI is InChI=1S/C7H7FN2O5S/c1-15-9-16(13,14)7-3-2-5(10(11)12)4-6(7)8/h2-4,9H,1H3. The molecule has 0 atom stereocenters. The monoisotopic (exact) mass is 250 g/mol. The van der Waals surface area contributed by atoms with Gasteiger partial charge in [-0.05, 0) is 6.07 Å². The van der Waals surface area contributed by atoms with E-state index in [9.17, 15) is 22.9 Å². The van der Waals surface area contributed by atoms with Crippen LogP contribution in [0.25, 0.3) is 0 Å². The molecule has 1 aromatic carbocycles. The van der Waals surface area contributed by atoms with Crippen LogP contribution in [0, 0.1) is 15.9 Å². The van der Waals surface area contributed by atoms with Crippen molar-refractivity contribution in [2.75, 3.05) is 7.11 Å². The molecule has 9 heteroatoms. The van der Waals surface area contributed by atoms with Crippen molar-refractivity contribution in [3.8, 4) is 0 Å². The van der Waals surface area contributed by atoms with Crippen molar-refractivity contribution in [1.82, 2.24) is 4.89 Å². The molecule has 1 aromatic rings. The highest BCUT2D eigenvalue weighted by Crippen LogP contribution is 2.20. The molecule has 0 radical (unpaired) electrons. The van der Waals surface area contributed by atoms with Gasteiger partial charge in [0, 0.05) is 6.07 Å². The summed E-state index contributed by atoms with van der Waals surface area (Å²) < 4.78 is 35.8. The van der Waals surface area contributed by atoms with E-state index in [0.29, 0.717) is 6.07 Å². The Balaban J connectivity index is 3.23. The zero-order valence-electron chi connectivity index (χ0n) is 8.01. The fourth-order valence-corrected chi connectivity index (χ4v) is 1.85. The largest absolute Gasteiger partial charge is 0.290 e. The third-order valence-electron chi connectivity index (χ3n) is 1.61. The molecule has 0 spiro atoms. The fraction of sp³-hybridized carbons (Fsp3) is 0.143. The maximum atomic E-state index is 13.3. The molecule has 16 heavy (non-hydrogen) atoms. The molecule has 1 N–H and O–H groups in total. The Morgan fingerprint density at radius 2 is 2.12 bits per heavy atom. The van der Waals surface area contributed by atoms with Crippen LogP contribution in [0.1, 0.15) is 0 Å². The molecule has 0 saturated carbocycles. The lowest BCUT2D eigenvalue weighted by atomic mass is 10.3. The van der Waals surface area contributed by atoms with E-state index in [0.717, 1.165) is 19.2 Å². The molecule has 88 valence electrons. The molecule has 0 aliphatic carbocycles. The number of hydrogen-bond acceptors (Lipinski definition) is 5. The van der Waals surface area contributed by atoms with Crippen molar-refractivity contribution in [3.63, 3.8) is 0 Å². The SMILES string of the molecule is CONS(=O)(=O)c1ccc([N+](=O)[O-])cc1F. The smallest absolute Gasteiger partial charge is 0.272 e. The van der Waals surface area contributed by atoms with Gasteiger partial charge in [-0.1, -0.05) is 4.89 Å². The van der Waals surface area contributed by atoms with E-state index in [-0.39, 0.29) is 0 Å². The predicted octanol–water partition coefficient (Wildman–Crippen LogP) is 0.574. The summed E-state index contributed by atoms with van der Waals surface area (Å²) >= 11 is 0. The molecule has 0 bridgehead atoms. The maximum Gasteiger partial charge on any atom is 0.272 e.